The summed E-state index contributed by atoms with van der Waals surface area (Å²) in [5.41, 5.74) is 4.92. The average Bonchev–Trinajstić information content (AvgIpc) is 1.91. The molecule has 1 aromatic rings. The molecule has 0 bridgehead atoms. The lowest BCUT2D eigenvalue weighted by molar-refractivity contribution is 0.595. The van der Waals surface area contributed by atoms with Crippen LogP contribution in [-0.2, 0) is 0 Å². The van der Waals surface area contributed by atoms with Crippen LogP contribution in [-0.4, -0.2) is 9.97 Å². The maximum Gasteiger partial charge on any atom is 0.234 e. The Morgan fingerprint density at radius 2 is 2.57 bits per heavy atom. The van der Waals surface area contributed by atoms with Crippen molar-refractivity contribution >= 4 is 5.82 Å². The highest BCUT2D eigenvalue weighted by molar-refractivity contribution is 5.23. The molecule has 0 aliphatic heterocycles. The lowest BCUT2D eigenvalue weighted by atomic mass is 10.8. The Hall–Kier alpha value is -1.06. The lowest BCUT2D eigenvalue weighted by Gasteiger charge is -1.75. The third-order valence-electron chi connectivity index (χ3n) is 0.620. The number of nitrogens with zero attached hydrogens (tertiary/aromatic N) is 1. The number of imidazole rings is 1. The van der Waals surface area contributed by atoms with Gasteiger partial charge in [-0.1, -0.05) is 0 Å². The highest BCUT2D eigenvalue weighted by Crippen LogP contribution is 1.97. The summed E-state index contributed by atoms with van der Waals surface area (Å²) in [6.07, 6.45) is 1.20. The molecule has 1 heterocycles. The van der Waals surface area contributed by atoms with Gasteiger partial charge in [0.2, 0.25) is 5.95 Å². The molecule has 0 amide bonds. The number of aromatic nitrogens is 2. The van der Waals surface area contributed by atoms with Gasteiger partial charge in [0.15, 0.2) is 5.82 Å². The normalized spacial score (nSPS) is 9.29. The molecule has 38 valence electrons. The number of anilines is 1. The van der Waals surface area contributed by atoms with E-state index < -0.39 is 5.95 Å². The summed E-state index contributed by atoms with van der Waals surface area (Å²) >= 11 is 0. The van der Waals surface area contributed by atoms with Gasteiger partial charge in [-0.05, 0) is 0 Å². The third kappa shape index (κ3) is 0.534. The highest BCUT2D eigenvalue weighted by atomic mass is 19.1. The second kappa shape index (κ2) is 1.22. The quantitative estimate of drug-likeness (QED) is 0.488. The van der Waals surface area contributed by atoms with E-state index in [-0.39, 0.29) is 5.82 Å². The molecule has 0 unspecified atom stereocenters. The number of nitrogens with two attached hydrogens (primary N) is 1. The fourth-order valence-electron chi connectivity index (χ4n) is 0.289. The van der Waals surface area contributed by atoms with Crippen molar-refractivity contribution in [2.75, 3.05) is 5.73 Å². The molecule has 0 saturated carbocycles. The molecule has 0 radical (unpaired) electrons. The van der Waals surface area contributed by atoms with E-state index in [9.17, 15) is 4.39 Å². The van der Waals surface area contributed by atoms with Crippen molar-refractivity contribution in [2.45, 2.75) is 0 Å². The van der Waals surface area contributed by atoms with E-state index in [1.165, 1.54) is 6.33 Å². The first-order chi connectivity index (χ1) is 3.30. The van der Waals surface area contributed by atoms with Crippen LogP contribution < -0.4 is 5.73 Å². The van der Waals surface area contributed by atoms with Crippen LogP contribution in [0, 0.1) is 5.95 Å². The zero-order valence-corrected chi connectivity index (χ0v) is 3.48. The summed E-state index contributed by atoms with van der Waals surface area (Å²) in [5, 5.41) is 0. The molecule has 0 aromatic carbocycles. The number of halogens is 1. The topological polar surface area (TPSA) is 54.7 Å². The Morgan fingerprint density at radius 3 is 2.71 bits per heavy atom. The maximum absolute atomic E-state index is 11.8. The Bertz CT molecular complexity index is 142. The van der Waals surface area contributed by atoms with Crippen molar-refractivity contribution in [2.24, 2.45) is 0 Å². The minimum absolute atomic E-state index is 0.0833. The third-order valence-corrected chi connectivity index (χ3v) is 0.620. The summed E-state index contributed by atoms with van der Waals surface area (Å²) in [6.45, 7) is 0. The molecule has 0 saturated heterocycles. The largest absolute Gasteiger partial charge is 0.380 e. The minimum Gasteiger partial charge on any atom is -0.380 e. The number of nitrogens with one attached hydrogen (secondary N) is 1. The minimum atomic E-state index is -0.569. The number of H-pyrrole nitrogens is 1. The van der Waals surface area contributed by atoms with Crippen LogP contribution in [0.15, 0.2) is 6.33 Å². The summed E-state index contributed by atoms with van der Waals surface area (Å²) < 4.78 is 11.8. The maximum atomic E-state index is 11.8. The standard InChI is InChI=1S/C3H4FN3/c4-2-3(5)7-1-6-2/h1H,5H2,(H,6,7). The molecule has 0 fully saturated rings. The van der Waals surface area contributed by atoms with Gasteiger partial charge in [-0.15, -0.1) is 0 Å². The molecular weight excluding hydrogens is 97.1 g/mol. The van der Waals surface area contributed by atoms with Crippen molar-refractivity contribution in [1.29, 1.82) is 0 Å². The van der Waals surface area contributed by atoms with Gasteiger partial charge < -0.3 is 10.7 Å². The van der Waals surface area contributed by atoms with E-state index in [4.69, 9.17) is 5.73 Å². The number of hydrogen-bond donors (Lipinski definition) is 2. The Kier molecular flexibility index (Phi) is 0.714. The molecule has 1 rings (SSSR count). The molecule has 4 heteroatoms. The van der Waals surface area contributed by atoms with Gasteiger partial charge in [0, 0.05) is 0 Å². The number of aromatic amines is 1. The van der Waals surface area contributed by atoms with E-state index in [0.717, 1.165) is 0 Å². The Labute approximate surface area is 39.4 Å². The van der Waals surface area contributed by atoms with Crippen LogP contribution in [0.1, 0.15) is 0 Å². The second-order valence-corrected chi connectivity index (χ2v) is 1.10. The van der Waals surface area contributed by atoms with Gasteiger partial charge >= 0.3 is 0 Å². The zero-order valence-electron chi connectivity index (χ0n) is 3.48. The first-order valence-electron chi connectivity index (χ1n) is 1.75. The summed E-state index contributed by atoms with van der Waals surface area (Å²) in [7, 11) is 0. The van der Waals surface area contributed by atoms with E-state index in [2.05, 4.69) is 9.97 Å². The molecular formula is C3H4FN3. The van der Waals surface area contributed by atoms with Crippen molar-refractivity contribution < 1.29 is 4.39 Å². The zero-order chi connectivity index (χ0) is 5.28. The molecule has 0 aliphatic carbocycles. The van der Waals surface area contributed by atoms with Crippen LogP contribution >= 0.6 is 0 Å². The summed E-state index contributed by atoms with van der Waals surface area (Å²) in [5.74, 6) is -0.653. The van der Waals surface area contributed by atoms with Crippen LogP contribution in [0.3, 0.4) is 0 Å². The summed E-state index contributed by atoms with van der Waals surface area (Å²) in [4.78, 5) is 5.53. The van der Waals surface area contributed by atoms with E-state index in [1.807, 2.05) is 0 Å². The van der Waals surface area contributed by atoms with Gasteiger partial charge in [0.25, 0.3) is 0 Å². The smallest absolute Gasteiger partial charge is 0.234 e. The van der Waals surface area contributed by atoms with Gasteiger partial charge in [0.1, 0.15) is 0 Å². The predicted molar refractivity (Wildman–Crippen MR) is 23.0 cm³/mol. The molecule has 3 nitrogen and oxygen atoms in total. The Morgan fingerprint density at radius 1 is 1.86 bits per heavy atom. The number of rotatable bonds is 0. The van der Waals surface area contributed by atoms with E-state index in [1.54, 1.807) is 0 Å². The molecule has 0 atom stereocenters. The van der Waals surface area contributed by atoms with E-state index >= 15 is 0 Å². The average molecular weight is 101 g/mol. The van der Waals surface area contributed by atoms with Crippen molar-refractivity contribution in [3.05, 3.63) is 12.3 Å². The highest BCUT2D eigenvalue weighted by Gasteiger charge is 1.93. The molecule has 0 aliphatic rings. The predicted octanol–water partition coefficient (Wildman–Crippen LogP) is 0.131. The fourth-order valence-corrected chi connectivity index (χ4v) is 0.289. The Balaban J connectivity index is 3.12. The first kappa shape index (κ1) is 4.11. The first-order valence-corrected chi connectivity index (χ1v) is 1.75. The summed E-state index contributed by atoms with van der Waals surface area (Å²) in [6, 6.07) is 0. The van der Waals surface area contributed by atoms with Crippen molar-refractivity contribution in [1.82, 2.24) is 9.97 Å². The van der Waals surface area contributed by atoms with Crippen molar-refractivity contribution in [3.63, 3.8) is 0 Å². The monoisotopic (exact) mass is 101 g/mol. The SMILES string of the molecule is Nc1nc[nH]c1F. The van der Waals surface area contributed by atoms with Crippen molar-refractivity contribution in [3.8, 4) is 0 Å². The molecule has 7 heavy (non-hydrogen) atoms. The second-order valence-electron chi connectivity index (χ2n) is 1.10. The molecule has 3 N–H and O–H groups in total. The van der Waals surface area contributed by atoms with Gasteiger partial charge in [-0.3, -0.25) is 0 Å². The van der Waals surface area contributed by atoms with E-state index in [0.29, 0.717) is 0 Å². The van der Waals surface area contributed by atoms with Crippen LogP contribution in [0.25, 0.3) is 0 Å². The number of nitrogen functional groups attached to an aromatic ring is 1. The van der Waals surface area contributed by atoms with Gasteiger partial charge in [-0.25, -0.2) is 4.98 Å². The number of hydrogen-bond acceptors (Lipinski definition) is 2. The molecule has 1 aromatic heterocycles. The van der Waals surface area contributed by atoms with Crippen LogP contribution in [0.4, 0.5) is 10.2 Å². The van der Waals surface area contributed by atoms with Crippen LogP contribution in [0.2, 0.25) is 0 Å². The van der Waals surface area contributed by atoms with Crippen LogP contribution in [0.5, 0.6) is 0 Å². The lowest BCUT2D eigenvalue weighted by Crippen LogP contribution is -1.86. The van der Waals surface area contributed by atoms with Gasteiger partial charge in [-0.2, -0.15) is 4.39 Å². The molecule has 0 spiro atoms. The fraction of sp³-hybridized carbons (Fsp3) is 0. The van der Waals surface area contributed by atoms with Gasteiger partial charge in [0.05, 0.1) is 6.33 Å².